The van der Waals surface area contributed by atoms with E-state index in [2.05, 4.69) is 57.5 Å². The molecule has 0 bridgehead atoms. The molecule has 1 saturated heterocycles. The fourth-order valence-electron chi connectivity index (χ4n) is 7.14. The maximum absolute atomic E-state index is 14.1. The molecule has 0 aliphatic carbocycles. The summed E-state index contributed by atoms with van der Waals surface area (Å²) in [4.78, 5) is 119. The number of aromatic nitrogens is 3. The van der Waals surface area contributed by atoms with Crippen LogP contribution in [0.2, 0.25) is 0 Å². The summed E-state index contributed by atoms with van der Waals surface area (Å²) in [6, 6.07) is 9.03. The first-order valence-electron chi connectivity index (χ1n) is 21.2. The number of aromatic amines is 2. The first kappa shape index (κ1) is 47.0. The highest BCUT2D eigenvalue weighted by molar-refractivity contribution is 5.97. The van der Waals surface area contributed by atoms with Gasteiger partial charge in [-0.3, -0.25) is 38.4 Å². The number of benzene rings is 2. The molecular weight excluding hydrogens is 811 g/mol. The van der Waals surface area contributed by atoms with Gasteiger partial charge in [0.15, 0.2) is 0 Å². The Morgan fingerprint density at radius 3 is 2.27 bits per heavy atom. The maximum atomic E-state index is 14.1. The molecule has 19 nitrogen and oxygen atoms in total. The first-order chi connectivity index (χ1) is 30.3. The summed E-state index contributed by atoms with van der Waals surface area (Å²) < 4.78 is 0. The number of para-hydroxylation sites is 1. The van der Waals surface area contributed by atoms with Crippen molar-refractivity contribution in [1.29, 1.82) is 0 Å². The van der Waals surface area contributed by atoms with Gasteiger partial charge < -0.3 is 52.5 Å². The van der Waals surface area contributed by atoms with Crippen LogP contribution in [0, 0.1) is 0 Å². The Hall–Kier alpha value is -7.05. The van der Waals surface area contributed by atoms with Crippen molar-refractivity contribution in [3.05, 3.63) is 90.1 Å². The highest BCUT2D eigenvalue weighted by atomic mass is 16.2. The third-order valence-corrected chi connectivity index (χ3v) is 10.7. The number of carbonyl (C=O) groups is 8. The van der Waals surface area contributed by atoms with E-state index in [9.17, 15) is 38.4 Å². The zero-order valence-electron chi connectivity index (χ0n) is 35.7. The molecule has 19 heteroatoms. The molecule has 6 atom stereocenters. The number of likely N-dealkylation sites (N-methyl/N-ethyl adjacent to an activating group) is 1. The predicted molar refractivity (Wildman–Crippen MR) is 232 cm³/mol. The van der Waals surface area contributed by atoms with Crippen molar-refractivity contribution in [2.45, 2.75) is 108 Å². The fraction of sp³-hybridized carbons (Fsp3) is 0.432. The van der Waals surface area contributed by atoms with Gasteiger partial charge in [0.2, 0.25) is 47.3 Å². The number of rotatable bonds is 13. The molecule has 1 aliphatic rings. The van der Waals surface area contributed by atoms with Crippen molar-refractivity contribution < 1.29 is 38.4 Å². The quantitative estimate of drug-likeness (QED) is 0.0871. The summed E-state index contributed by atoms with van der Waals surface area (Å²) in [5.74, 6) is -5.09. The number of nitrogens with zero attached hydrogens (tertiary/aromatic N) is 1. The van der Waals surface area contributed by atoms with Crippen molar-refractivity contribution in [2.24, 2.45) is 0 Å². The van der Waals surface area contributed by atoms with Gasteiger partial charge in [0.25, 0.3) is 0 Å². The Morgan fingerprint density at radius 1 is 0.825 bits per heavy atom. The zero-order valence-corrected chi connectivity index (χ0v) is 35.7. The van der Waals surface area contributed by atoms with Gasteiger partial charge >= 0.3 is 0 Å². The van der Waals surface area contributed by atoms with Crippen molar-refractivity contribution >= 4 is 58.2 Å². The number of nitrogens with one attached hydrogen (secondary N) is 10. The molecule has 63 heavy (non-hydrogen) atoms. The number of hydrogen-bond acceptors (Lipinski definition) is 9. The van der Waals surface area contributed by atoms with Gasteiger partial charge in [-0.15, -0.1) is 0 Å². The van der Waals surface area contributed by atoms with E-state index in [0.29, 0.717) is 17.7 Å². The van der Waals surface area contributed by atoms with Gasteiger partial charge in [0, 0.05) is 74.7 Å². The smallest absolute Gasteiger partial charge is 0.243 e. The largest absolute Gasteiger partial charge is 0.361 e. The average molecular weight is 868 g/mol. The number of fused-ring (bicyclic) bond motifs is 1. The number of hydrogen-bond donors (Lipinski definition) is 10. The van der Waals surface area contributed by atoms with Crippen molar-refractivity contribution in [3.8, 4) is 0 Å². The third kappa shape index (κ3) is 14.0. The minimum Gasteiger partial charge on any atom is -0.361 e. The topological polar surface area (TPSA) is 277 Å². The highest BCUT2D eigenvalue weighted by Crippen LogP contribution is 2.19. The molecule has 0 radical (unpaired) electrons. The Balaban J connectivity index is 1.43. The highest BCUT2D eigenvalue weighted by Gasteiger charge is 2.33. The molecule has 336 valence electrons. The SMILES string of the molecule is CCCCC(=O)NC1CCC(=O)NCCC(C(=O)N[C@@H](Cc2c[nH]c3ccccc23)C(=O)NC)NC(=O)C(C)NC(=O)C(Cc2ccccc2)NC(=O)[C@H](Cc2cnc[nH]2)NC1=O. The number of imidazole rings is 1. The molecule has 5 rings (SSSR count). The van der Waals surface area contributed by atoms with E-state index in [1.165, 1.54) is 26.5 Å². The van der Waals surface area contributed by atoms with E-state index >= 15 is 0 Å². The van der Waals surface area contributed by atoms with Crippen LogP contribution < -0.4 is 42.5 Å². The Kier molecular flexibility index (Phi) is 17.3. The average Bonchev–Trinajstić information content (AvgIpc) is 3.95. The second-order valence-electron chi connectivity index (χ2n) is 15.5. The summed E-state index contributed by atoms with van der Waals surface area (Å²) in [7, 11) is 1.44. The van der Waals surface area contributed by atoms with Gasteiger partial charge in [-0.05, 0) is 43.4 Å². The normalized spacial score (nSPS) is 21.2. The molecular formula is C44H57N11O8. The van der Waals surface area contributed by atoms with E-state index < -0.39 is 83.5 Å². The molecule has 0 saturated carbocycles. The summed E-state index contributed by atoms with van der Waals surface area (Å²) in [5, 5.41) is 22.4. The lowest BCUT2D eigenvalue weighted by Gasteiger charge is -2.26. The summed E-state index contributed by atoms with van der Waals surface area (Å²) in [5.41, 5.74) is 2.79. The molecule has 2 aromatic carbocycles. The van der Waals surface area contributed by atoms with Gasteiger partial charge in [0.05, 0.1) is 6.33 Å². The molecule has 2 aromatic heterocycles. The van der Waals surface area contributed by atoms with E-state index in [-0.39, 0.29) is 51.5 Å². The van der Waals surface area contributed by atoms with Crippen LogP contribution in [0.5, 0.6) is 0 Å². The van der Waals surface area contributed by atoms with E-state index in [0.717, 1.165) is 22.9 Å². The van der Waals surface area contributed by atoms with E-state index in [1.54, 1.807) is 36.5 Å². The van der Waals surface area contributed by atoms with Crippen LogP contribution >= 0.6 is 0 Å². The zero-order chi connectivity index (χ0) is 45.3. The third-order valence-electron chi connectivity index (χ3n) is 10.7. The van der Waals surface area contributed by atoms with Crippen molar-refractivity contribution in [3.63, 3.8) is 0 Å². The molecule has 8 amide bonds. The Labute approximate surface area is 364 Å². The second kappa shape index (κ2) is 23.2. The minimum absolute atomic E-state index is 0.00368. The number of amides is 8. The van der Waals surface area contributed by atoms with Gasteiger partial charge in [-0.1, -0.05) is 61.9 Å². The van der Waals surface area contributed by atoms with Crippen LogP contribution in [-0.4, -0.2) is 112 Å². The summed E-state index contributed by atoms with van der Waals surface area (Å²) in [6.45, 7) is 3.21. The molecule has 0 spiro atoms. The Morgan fingerprint density at radius 2 is 1.54 bits per heavy atom. The predicted octanol–water partition coefficient (Wildman–Crippen LogP) is 0.0839. The standard InChI is InChI=1S/C44H57N11O8/c1-4-5-15-38(57)51-32-16-17-37(56)47-19-18-33(42(61)54-35(40(59)45-3)21-28-23-48-31-14-10-9-13-30(28)31)52-39(58)26(2)50-43(62)34(20-27-11-7-6-8-12-27)53-44(63)36(55-41(32)60)22-29-24-46-25-49-29/h6-14,23-26,32-36,48H,4-5,15-22H2,1-3H3,(H,45,59)(H,46,49)(H,47,56)(H,50,62)(H,51,57)(H,52,58)(H,53,63)(H,54,61)(H,55,60)/t26?,32?,33?,34?,35-,36-/m0/s1. The van der Waals surface area contributed by atoms with E-state index in [1.807, 2.05) is 31.2 Å². The van der Waals surface area contributed by atoms with E-state index in [4.69, 9.17) is 0 Å². The van der Waals surface area contributed by atoms with Crippen molar-refractivity contribution in [2.75, 3.05) is 13.6 Å². The second-order valence-corrected chi connectivity index (χ2v) is 15.5. The van der Waals surface area contributed by atoms with Gasteiger partial charge in [-0.25, -0.2) is 4.98 Å². The Bertz CT molecular complexity index is 2210. The summed E-state index contributed by atoms with van der Waals surface area (Å²) in [6.07, 6.45) is 5.61. The fourth-order valence-corrected chi connectivity index (χ4v) is 7.14. The molecule has 3 heterocycles. The number of carbonyl (C=O) groups excluding carboxylic acids is 8. The number of unbranched alkanes of at least 4 members (excludes halogenated alkanes) is 1. The van der Waals surface area contributed by atoms with Crippen LogP contribution in [0.25, 0.3) is 10.9 Å². The van der Waals surface area contributed by atoms with Gasteiger partial charge in [0.1, 0.15) is 36.3 Å². The van der Waals surface area contributed by atoms with Crippen LogP contribution in [0.3, 0.4) is 0 Å². The maximum Gasteiger partial charge on any atom is 0.243 e. The van der Waals surface area contributed by atoms with Gasteiger partial charge in [-0.2, -0.15) is 0 Å². The first-order valence-corrected chi connectivity index (χ1v) is 21.2. The lowest BCUT2D eigenvalue weighted by atomic mass is 10.0. The molecule has 1 fully saturated rings. The van der Waals surface area contributed by atoms with Crippen molar-refractivity contribution in [1.82, 2.24) is 57.5 Å². The lowest BCUT2D eigenvalue weighted by Crippen LogP contribution is -2.60. The van der Waals surface area contributed by atoms with Crippen LogP contribution in [0.4, 0.5) is 0 Å². The number of H-pyrrole nitrogens is 2. The summed E-state index contributed by atoms with van der Waals surface area (Å²) >= 11 is 0. The molecule has 10 N–H and O–H groups in total. The minimum atomic E-state index is -1.30. The lowest BCUT2D eigenvalue weighted by molar-refractivity contribution is -0.135. The molecule has 1 aliphatic heterocycles. The monoisotopic (exact) mass is 867 g/mol. The molecule has 4 aromatic rings. The molecule has 4 unspecified atom stereocenters. The van der Waals surface area contributed by atoms with Crippen LogP contribution in [0.15, 0.2) is 73.3 Å². The van der Waals surface area contributed by atoms with Crippen LogP contribution in [0.1, 0.15) is 69.2 Å². The van der Waals surface area contributed by atoms with Crippen LogP contribution in [-0.2, 0) is 57.6 Å².